The highest BCUT2D eigenvalue weighted by Crippen LogP contribution is 2.35. The molecular weight excluding hydrogens is 426 g/mol. The molecule has 1 aromatic heterocycles. The van der Waals surface area contributed by atoms with Crippen LogP contribution in [-0.2, 0) is 32.2 Å². The number of nitrogens with one attached hydrogen (secondary N) is 1. The van der Waals surface area contributed by atoms with Gasteiger partial charge in [0.05, 0.1) is 10.6 Å². The topological polar surface area (TPSA) is 188 Å². The third-order valence-electron chi connectivity index (χ3n) is 5.38. The third kappa shape index (κ3) is 4.22. The minimum atomic E-state index is -4.08. The summed E-state index contributed by atoms with van der Waals surface area (Å²) in [4.78, 5) is 31.1. The molecule has 1 fully saturated rings. The highest BCUT2D eigenvalue weighted by molar-refractivity contribution is 7.93. The largest absolute Gasteiger partial charge is 0.382 e. The quantitative estimate of drug-likeness (QED) is 0.256. The van der Waals surface area contributed by atoms with Crippen LogP contribution < -0.4 is 16.9 Å². The molecule has 2 aromatic rings. The zero-order valence-electron chi connectivity index (χ0n) is 16.6. The van der Waals surface area contributed by atoms with Crippen molar-refractivity contribution in [1.82, 2.24) is 15.4 Å². The number of benzene rings is 1. The number of aldehydes is 1. The predicted molar refractivity (Wildman–Crippen MR) is 110 cm³/mol. The average Bonchev–Trinajstić information content (AvgIpc) is 2.79. The average molecular weight is 449 g/mol. The maximum Gasteiger partial charge on any atom is 0.265 e. The monoisotopic (exact) mass is 449 g/mol. The van der Waals surface area contributed by atoms with Gasteiger partial charge < -0.3 is 16.2 Å². The fourth-order valence-corrected chi connectivity index (χ4v) is 5.47. The van der Waals surface area contributed by atoms with Crippen LogP contribution in [0, 0.1) is 0 Å². The Kier molecular flexibility index (Phi) is 6.53. The molecule has 0 atom stereocenters. The number of nitrogens with zero attached hydrogens (tertiary/aromatic N) is 2. The smallest absolute Gasteiger partial charge is 0.265 e. The van der Waals surface area contributed by atoms with Gasteiger partial charge in [-0.1, -0.05) is 12.1 Å². The molecule has 1 aliphatic heterocycles. The summed E-state index contributed by atoms with van der Waals surface area (Å²) in [6, 6.07) is 6.10. The Hall–Kier alpha value is -3.09. The van der Waals surface area contributed by atoms with Crippen LogP contribution in [0.3, 0.4) is 0 Å². The van der Waals surface area contributed by atoms with Gasteiger partial charge in [-0.25, -0.2) is 23.9 Å². The number of hydroxylamine groups is 1. The fraction of sp³-hybridized carbons (Fsp3) is 0.368. The molecule has 31 heavy (non-hydrogen) atoms. The number of sulfone groups is 1. The lowest BCUT2D eigenvalue weighted by atomic mass is 9.98. The first-order chi connectivity index (χ1) is 14.7. The van der Waals surface area contributed by atoms with Crippen molar-refractivity contribution in [3.8, 4) is 0 Å². The zero-order chi connectivity index (χ0) is 22.6. The van der Waals surface area contributed by atoms with Gasteiger partial charge in [0.1, 0.15) is 11.5 Å². The van der Waals surface area contributed by atoms with E-state index in [0.29, 0.717) is 24.8 Å². The fourth-order valence-electron chi connectivity index (χ4n) is 3.53. The molecule has 3 rings (SSSR count). The number of anilines is 2. The predicted octanol–water partition coefficient (Wildman–Crippen LogP) is 0.0670. The van der Waals surface area contributed by atoms with E-state index in [1.165, 1.54) is 17.6 Å². The van der Waals surface area contributed by atoms with Crippen LogP contribution in [0.15, 0.2) is 29.2 Å². The summed E-state index contributed by atoms with van der Waals surface area (Å²) >= 11 is 0. The van der Waals surface area contributed by atoms with Crippen molar-refractivity contribution < 1.29 is 28.0 Å². The number of carbonyl (C=O) groups is 2. The molecule has 0 radical (unpaired) electrons. The number of ether oxygens (including phenoxy) is 1. The molecule has 0 bridgehead atoms. The van der Waals surface area contributed by atoms with Gasteiger partial charge in [-0.2, -0.15) is 0 Å². The number of nitrogen functional groups attached to an aromatic ring is 2. The van der Waals surface area contributed by atoms with Crippen LogP contribution in [0.4, 0.5) is 11.6 Å². The van der Waals surface area contributed by atoms with E-state index in [4.69, 9.17) is 21.4 Å². The Morgan fingerprint density at radius 3 is 2.35 bits per heavy atom. The lowest BCUT2D eigenvalue weighted by Crippen LogP contribution is -2.54. The molecule has 11 nitrogen and oxygen atoms in total. The second kappa shape index (κ2) is 8.96. The van der Waals surface area contributed by atoms with Crippen LogP contribution in [0.5, 0.6) is 0 Å². The van der Waals surface area contributed by atoms with Crippen molar-refractivity contribution in [3.05, 3.63) is 41.2 Å². The summed E-state index contributed by atoms with van der Waals surface area (Å²) < 4.78 is 29.9. The standard InChI is InChI=1S/C19H23N5O6S/c20-16-14(22-17(21)15(11-25)23-16)6-3-12-1-4-13(5-2-12)31(28,29)19(18(26)24-27)7-9-30-10-8-19/h1-2,4-5,11,27H,3,6-10H2,(H2,20,23)(H2,21,22)(H,24,26). The third-order valence-corrected chi connectivity index (χ3v) is 7.90. The van der Waals surface area contributed by atoms with Gasteiger partial charge in [-0.3, -0.25) is 14.8 Å². The number of nitrogens with two attached hydrogens (primary N) is 2. The first-order valence-electron chi connectivity index (χ1n) is 9.48. The summed E-state index contributed by atoms with van der Waals surface area (Å²) in [7, 11) is -4.08. The summed E-state index contributed by atoms with van der Waals surface area (Å²) in [6.07, 6.45) is 1.21. The first-order valence-corrected chi connectivity index (χ1v) is 11.0. The van der Waals surface area contributed by atoms with E-state index < -0.39 is 20.5 Å². The summed E-state index contributed by atoms with van der Waals surface area (Å²) in [5.74, 6) is -0.873. The Morgan fingerprint density at radius 2 is 1.77 bits per heavy atom. The maximum atomic E-state index is 13.2. The van der Waals surface area contributed by atoms with Gasteiger partial charge >= 0.3 is 0 Å². The van der Waals surface area contributed by atoms with Crippen molar-refractivity contribution in [2.75, 3.05) is 24.7 Å². The minimum Gasteiger partial charge on any atom is -0.382 e. The molecule has 6 N–H and O–H groups in total. The van der Waals surface area contributed by atoms with E-state index >= 15 is 0 Å². The van der Waals surface area contributed by atoms with E-state index in [1.807, 2.05) is 0 Å². The van der Waals surface area contributed by atoms with Gasteiger partial charge in [0.25, 0.3) is 5.91 Å². The van der Waals surface area contributed by atoms with Crippen LogP contribution in [0.25, 0.3) is 0 Å². The zero-order valence-corrected chi connectivity index (χ0v) is 17.4. The lowest BCUT2D eigenvalue weighted by molar-refractivity contribution is -0.134. The van der Waals surface area contributed by atoms with Crippen LogP contribution in [-0.4, -0.2) is 53.7 Å². The Bertz CT molecular complexity index is 1080. The maximum absolute atomic E-state index is 13.2. The minimum absolute atomic E-state index is 0.00967. The van der Waals surface area contributed by atoms with E-state index in [0.717, 1.165) is 5.56 Å². The Morgan fingerprint density at radius 1 is 1.13 bits per heavy atom. The molecule has 1 amide bonds. The van der Waals surface area contributed by atoms with E-state index in [2.05, 4.69) is 9.97 Å². The number of aromatic nitrogens is 2. The molecule has 2 heterocycles. The first kappa shape index (κ1) is 22.6. The highest BCUT2D eigenvalue weighted by atomic mass is 32.2. The number of hydrogen-bond donors (Lipinski definition) is 4. The number of aryl methyl sites for hydroxylation is 2. The lowest BCUT2D eigenvalue weighted by Gasteiger charge is -2.34. The molecule has 1 aliphatic rings. The second-order valence-corrected chi connectivity index (χ2v) is 9.40. The van der Waals surface area contributed by atoms with Crippen molar-refractivity contribution in [3.63, 3.8) is 0 Å². The van der Waals surface area contributed by atoms with Gasteiger partial charge in [0.15, 0.2) is 26.7 Å². The van der Waals surface area contributed by atoms with Crippen molar-refractivity contribution in [2.24, 2.45) is 0 Å². The van der Waals surface area contributed by atoms with Crippen molar-refractivity contribution in [2.45, 2.75) is 35.3 Å². The van der Waals surface area contributed by atoms with Gasteiger partial charge in [0, 0.05) is 13.2 Å². The molecule has 1 saturated heterocycles. The summed E-state index contributed by atoms with van der Waals surface area (Å²) in [6.45, 7) is 0.193. The van der Waals surface area contributed by atoms with Gasteiger partial charge in [-0.15, -0.1) is 0 Å². The van der Waals surface area contributed by atoms with E-state index in [-0.39, 0.29) is 48.3 Å². The SMILES string of the molecule is Nc1nc(CCc2ccc(S(=O)(=O)C3(C(=O)NO)CCOCC3)cc2)c(N)nc1C=O. The summed E-state index contributed by atoms with van der Waals surface area (Å²) in [5, 5.41) is 9.11. The Balaban J connectivity index is 1.80. The van der Waals surface area contributed by atoms with Crippen LogP contribution in [0.2, 0.25) is 0 Å². The van der Waals surface area contributed by atoms with Crippen LogP contribution >= 0.6 is 0 Å². The molecule has 0 unspecified atom stereocenters. The van der Waals surface area contributed by atoms with E-state index in [9.17, 15) is 18.0 Å². The molecule has 0 aliphatic carbocycles. The molecule has 166 valence electrons. The number of hydrogen-bond acceptors (Lipinski definition) is 10. The molecular formula is C19H23N5O6S. The normalized spacial score (nSPS) is 15.9. The van der Waals surface area contributed by atoms with Gasteiger partial charge in [0.2, 0.25) is 0 Å². The van der Waals surface area contributed by atoms with Gasteiger partial charge in [-0.05, 0) is 43.4 Å². The number of carbonyl (C=O) groups excluding carboxylic acids is 2. The number of amides is 1. The molecule has 1 aromatic carbocycles. The van der Waals surface area contributed by atoms with E-state index in [1.54, 1.807) is 12.1 Å². The Labute approximate surface area is 178 Å². The number of rotatable bonds is 7. The van der Waals surface area contributed by atoms with Crippen molar-refractivity contribution >= 4 is 33.7 Å². The summed E-state index contributed by atoms with van der Waals surface area (Å²) in [5.41, 5.74) is 14.2. The molecule has 0 spiro atoms. The molecule has 0 saturated carbocycles. The second-order valence-electron chi connectivity index (χ2n) is 7.14. The van der Waals surface area contributed by atoms with Crippen LogP contribution in [0.1, 0.15) is 34.6 Å². The highest BCUT2D eigenvalue weighted by Gasteiger charge is 2.52. The van der Waals surface area contributed by atoms with Crippen molar-refractivity contribution in [1.29, 1.82) is 0 Å². The molecule has 12 heteroatoms.